The Morgan fingerprint density at radius 3 is 3.11 bits per heavy atom. The number of nitriles is 1. The standard InChI is InChI=1S/C13H12BrN3.Sn/c1-17-6-2-3-12(17)7-11(8-15)10-4-5-13(14)16-9-10;/h5,9,12H,2-3,6H2,1H3;/t12-;/m1./s1. The average Bonchev–Trinajstić information content (AvgIpc) is 2.91. The van der Waals surface area contributed by atoms with Gasteiger partial charge in [-0.1, -0.05) is 0 Å². The molecule has 18 heavy (non-hydrogen) atoms. The summed E-state index contributed by atoms with van der Waals surface area (Å²) >= 11 is 2.63. The summed E-state index contributed by atoms with van der Waals surface area (Å²) in [4.78, 5) is 6.68. The summed E-state index contributed by atoms with van der Waals surface area (Å²) in [6.07, 6.45) is 4.32. The Morgan fingerprint density at radius 2 is 2.44 bits per heavy atom. The van der Waals surface area contributed by atoms with Crippen LogP contribution in [0.3, 0.4) is 0 Å². The molecule has 1 aromatic rings. The average molecular weight is 409 g/mol. The molecule has 0 bridgehead atoms. The van der Waals surface area contributed by atoms with Crippen molar-refractivity contribution in [2.45, 2.75) is 18.9 Å². The van der Waals surface area contributed by atoms with Crippen molar-refractivity contribution in [1.29, 1.82) is 5.26 Å². The molecule has 3 nitrogen and oxygen atoms in total. The number of hydrogen-bond donors (Lipinski definition) is 0. The first-order valence-electron chi connectivity index (χ1n) is 5.98. The van der Waals surface area contributed by atoms with Crippen LogP contribution in [-0.4, -0.2) is 50.7 Å². The van der Waals surface area contributed by atoms with Gasteiger partial charge >= 0.3 is 126 Å². The van der Waals surface area contributed by atoms with E-state index in [4.69, 9.17) is 0 Å². The number of likely N-dealkylation sites (tertiary alicyclic amines) is 1. The molecule has 1 atom stereocenters. The van der Waals surface area contributed by atoms with E-state index in [1.54, 1.807) is 0 Å². The van der Waals surface area contributed by atoms with Gasteiger partial charge in [0, 0.05) is 0 Å². The Balaban J connectivity index is 2.04. The SMILES string of the molecule is CN1CCC[C@@H]1[C]1=C(C#N)c2cnc(Br)c[c]2[Sn]1. The molecule has 0 N–H and O–H groups in total. The van der Waals surface area contributed by atoms with E-state index in [0.717, 1.165) is 22.3 Å². The van der Waals surface area contributed by atoms with Crippen LogP contribution in [-0.2, 0) is 0 Å². The van der Waals surface area contributed by atoms with E-state index < -0.39 is 21.1 Å². The number of aromatic nitrogens is 1. The van der Waals surface area contributed by atoms with E-state index in [1.807, 2.05) is 6.20 Å². The molecule has 1 fully saturated rings. The zero-order chi connectivity index (χ0) is 12.7. The first kappa shape index (κ1) is 12.6. The van der Waals surface area contributed by atoms with E-state index in [1.165, 1.54) is 20.0 Å². The van der Waals surface area contributed by atoms with E-state index in [0.29, 0.717) is 6.04 Å². The Morgan fingerprint density at radius 1 is 1.61 bits per heavy atom. The second-order valence-electron chi connectivity index (χ2n) is 4.72. The van der Waals surface area contributed by atoms with Crippen LogP contribution in [0.15, 0.2) is 20.5 Å². The summed E-state index contributed by atoms with van der Waals surface area (Å²) in [7, 11) is 2.18. The zero-order valence-electron chi connectivity index (χ0n) is 10.1. The maximum absolute atomic E-state index is 9.46. The third-order valence-corrected chi connectivity index (χ3v) is 8.46. The Labute approximate surface area is 125 Å². The molecule has 0 saturated carbocycles. The van der Waals surface area contributed by atoms with Crippen LogP contribution in [0.5, 0.6) is 0 Å². The van der Waals surface area contributed by atoms with Gasteiger partial charge in [-0.25, -0.2) is 0 Å². The number of rotatable bonds is 1. The summed E-state index contributed by atoms with van der Waals surface area (Å²) in [5.74, 6) is 0. The van der Waals surface area contributed by atoms with Crippen molar-refractivity contribution in [2.24, 2.45) is 0 Å². The summed E-state index contributed by atoms with van der Waals surface area (Å²) < 4.78 is 3.74. The molecular weight excluding hydrogens is 397 g/mol. The number of pyridine rings is 1. The second kappa shape index (κ2) is 4.95. The molecule has 2 aliphatic heterocycles. The molecule has 1 saturated heterocycles. The summed E-state index contributed by atoms with van der Waals surface area (Å²) in [5.41, 5.74) is 2.03. The normalized spacial score (nSPS) is 23.3. The van der Waals surface area contributed by atoms with Gasteiger partial charge in [-0.15, -0.1) is 0 Å². The molecule has 90 valence electrons. The molecule has 3 heterocycles. The van der Waals surface area contributed by atoms with E-state index in [9.17, 15) is 5.26 Å². The van der Waals surface area contributed by atoms with Crippen LogP contribution >= 0.6 is 15.9 Å². The van der Waals surface area contributed by atoms with Crippen molar-refractivity contribution in [2.75, 3.05) is 13.6 Å². The molecule has 2 aliphatic rings. The van der Waals surface area contributed by atoms with Crippen molar-refractivity contribution in [3.05, 3.63) is 26.0 Å². The number of allylic oxidation sites excluding steroid dienone is 1. The minimum absolute atomic E-state index is 0.512. The van der Waals surface area contributed by atoms with Gasteiger partial charge in [0.1, 0.15) is 0 Å². The predicted molar refractivity (Wildman–Crippen MR) is 75.5 cm³/mol. The second-order valence-corrected chi connectivity index (χ2v) is 9.32. The van der Waals surface area contributed by atoms with Crippen LogP contribution in [0.4, 0.5) is 0 Å². The van der Waals surface area contributed by atoms with Crippen molar-refractivity contribution in [1.82, 2.24) is 9.88 Å². The predicted octanol–water partition coefficient (Wildman–Crippen LogP) is 1.52. The summed E-state index contributed by atoms with van der Waals surface area (Å²) in [6.45, 7) is 1.16. The molecular formula is C13H12BrN3Sn. The third-order valence-electron chi connectivity index (χ3n) is 3.64. The van der Waals surface area contributed by atoms with Gasteiger partial charge < -0.3 is 0 Å². The van der Waals surface area contributed by atoms with Crippen molar-refractivity contribution in [3.63, 3.8) is 0 Å². The number of hydrogen-bond acceptors (Lipinski definition) is 3. The topological polar surface area (TPSA) is 39.9 Å². The fraction of sp³-hybridized carbons (Fsp3) is 0.385. The third kappa shape index (κ3) is 2.02. The van der Waals surface area contributed by atoms with Gasteiger partial charge in [-0.2, -0.15) is 0 Å². The zero-order valence-corrected chi connectivity index (χ0v) is 14.5. The molecule has 0 aliphatic carbocycles. The van der Waals surface area contributed by atoms with Crippen LogP contribution in [0.2, 0.25) is 0 Å². The van der Waals surface area contributed by atoms with Gasteiger partial charge in [0.2, 0.25) is 0 Å². The maximum atomic E-state index is 9.46. The molecule has 3 rings (SSSR count). The molecule has 2 radical (unpaired) electrons. The minimum atomic E-state index is -0.801. The van der Waals surface area contributed by atoms with Crippen LogP contribution in [0.1, 0.15) is 18.4 Å². The number of halogens is 1. The molecule has 0 aromatic carbocycles. The molecule has 5 heteroatoms. The molecule has 0 amide bonds. The van der Waals surface area contributed by atoms with E-state index in [2.05, 4.69) is 45.0 Å². The van der Waals surface area contributed by atoms with Crippen molar-refractivity contribution in [3.8, 4) is 6.07 Å². The fourth-order valence-electron chi connectivity index (χ4n) is 2.73. The number of nitrogens with zero attached hydrogens (tertiary/aromatic N) is 3. The Hall–Kier alpha value is -0.381. The fourth-order valence-corrected chi connectivity index (χ4v) is 8.43. The van der Waals surface area contributed by atoms with Crippen LogP contribution in [0, 0.1) is 11.3 Å². The molecule has 1 aromatic heterocycles. The monoisotopic (exact) mass is 409 g/mol. The van der Waals surface area contributed by atoms with Gasteiger partial charge in [-0.3, -0.25) is 0 Å². The van der Waals surface area contributed by atoms with Crippen molar-refractivity contribution < 1.29 is 0 Å². The molecule has 0 unspecified atom stereocenters. The Kier molecular flexibility index (Phi) is 3.48. The van der Waals surface area contributed by atoms with Crippen LogP contribution < -0.4 is 3.58 Å². The van der Waals surface area contributed by atoms with Crippen LogP contribution in [0.25, 0.3) is 5.57 Å². The Bertz CT molecular complexity index is 576. The van der Waals surface area contributed by atoms with E-state index >= 15 is 0 Å². The van der Waals surface area contributed by atoms with Gasteiger partial charge in [0.15, 0.2) is 0 Å². The summed E-state index contributed by atoms with van der Waals surface area (Å²) in [6, 6.07) is 5.05. The first-order valence-corrected chi connectivity index (χ1v) is 9.63. The van der Waals surface area contributed by atoms with Gasteiger partial charge in [-0.05, 0) is 0 Å². The quantitative estimate of drug-likeness (QED) is 0.522. The summed E-state index contributed by atoms with van der Waals surface area (Å²) in [5, 5.41) is 9.46. The van der Waals surface area contributed by atoms with E-state index in [-0.39, 0.29) is 0 Å². The van der Waals surface area contributed by atoms with Gasteiger partial charge in [0.05, 0.1) is 0 Å². The first-order chi connectivity index (χ1) is 8.70. The van der Waals surface area contributed by atoms with Gasteiger partial charge in [0.25, 0.3) is 0 Å². The van der Waals surface area contributed by atoms with Crippen molar-refractivity contribution >= 4 is 46.2 Å². The number of fused-ring (bicyclic) bond motifs is 1. The molecule has 0 spiro atoms. The number of likely N-dealkylation sites (N-methyl/N-ethyl adjacent to an activating group) is 1.